The summed E-state index contributed by atoms with van der Waals surface area (Å²) in [4.78, 5) is 24.1. The van der Waals surface area contributed by atoms with Gasteiger partial charge in [-0.25, -0.2) is 13.2 Å². The Labute approximate surface area is 147 Å². The van der Waals surface area contributed by atoms with E-state index in [9.17, 15) is 18.0 Å². The second-order valence-corrected chi connectivity index (χ2v) is 8.24. The highest BCUT2D eigenvalue weighted by Crippen LogP contribution is 2.13. The molecule has 0 spiro atoms. The van der Waals surface area contributed by atoms with E-state index in [4.69, 9.17) is 9.47 Å². The maximum atomic E-state index is 12.2. The molecule has 0 bridgehead atoms. The first-order valence-electron chi connectivity index (χ1n) is 7.54. The molecule has 2 N–H and O–H groups in total. The number of carbonyl (C=O) groups excluding carboxylic acids is 2. The minimum absolute atomic E-state index is 0.0879. The standard InChI is InChI=1S/C16H24N2O6S/c1-16(2,3)24-15(20)17-13(14(19)18-25(5,21)22)10-11-6-8-12(23-4)9-7-11/h6-9,13H,10H2,1-5H3,(H,17,20)(H,18,19). The number of rotatable bonds is 6. The minimum Gasteiger partial charge on any atom is -0.497 e. The second kappa shape index (κ2) is 8.19. The summed E-state index contributed by atoms with van der Waals surface area (Å²) in [5.74, 6) is -0.204. The van der Waals surface area contributed by atoms with E-state index in [0.29, 0.717) is 11.3 Å². The molecular weight excluding hydrogens is 348 g/mol. The van der Waals surface area contributed by atoms with Crippen molar-refractivity contribution < 1.29 is 27.5 Å². The van der Waals surface area contributed by atoms with Crippen molar-refractivity contribution in [1.29, 1.82) is 0 Å². The van der Waals surface area contributed by atoms with Crippen LogP contribution in [0.4, 0.5) is 4.79 Å². The van der Waals surface area contributed by atoms with Gasteiger partial charge >= 0.3 is 6.09 Å². The quantitative estimate of drug-likeness (QED) is 0.776. The van der Waals surface area contributed by atoms with Gasteiger partial charge in [-0.1, -0.05) is 12.1 Å². The molecule has 0 radical (unpaired) electrons. The van der Waals surface area contributed by atoms with Gasteiger partial charge in [0.2, 0.25) is 10.0 Å². The van der Waals surface area contributed by atoms with Crippen LogP contribution in [0.5, 0.6) is 5.75 Å². The van der Waals surface area contributed by atoms with Gasteiger partial charge in [0, 0.05) is 6.42 Å². The van der Waals surface area contributed by atoms with Crippen molar-refractivity contribution >= 4 is 22.0 Å². The zero-order valence-corrected chi connectivity index (χ0v) is 15.8. The summed E-state index contributed by atoms with van der Waals surface area (Å²) in [6.07, 6.45) is 0.141. The van der Waals surface area contributed by atoms with Crippen LogP contribution in [0, 0.1) is 0 Å². The number of hydrogen-bond acceptors (Lipinski definition) is 6. The van der Waals surface area contributed by atoms with Crippen molar-refractivity contribution in [3.63, 3.8) is 0 Å². The number of methoxy groups -OCH3 is 1. The third-order valence-electron chi connectivity index (χ3n) is 2.89. The van der Waals surface area contributed by atoms with Crippen molar-refractivity contribution in [2.24, 2.45) is 0 Å². The molecule has 1 aromatic carbocycles. The van der Waals surface area contributed by atoms with Crippen molar-refractivity contribution in [1.82, 2.24) is 10.0 Å². The molecule has 0 saturated carbocycles. The number of ether oxygens (including phenoxy) is 2. The van der Waals surface area contributed by atoms with Crippen LogP contribution in [0.3, 0.4) is 0 Å². The fourth-order valence-electron chi connectivity index (χ4n) is 1.91. The van der Waals surface area contributed by atoms with E-state index in [-0.39, 0.29) is 6.42 Å². The maximum Gasteiger partial charge on any atom is 0.408 e. The Kier molecular flexibility index (Phi) is 6.80. The lowest BCUT2D eigenvalue weighted by molar-refractivity contribution is -0.121. The highest BCUT2D eigenvalue weighted by atomic mass is 32.2. The second-order valence-electron chi connectivity index (χ2n) is 6.49. The highest BCUT2D eigenvalue weighted by molar-refractivity contribution is 7.89. The number of carbonyl (C=O) groups is 2. The molecule has 0 heterocycles. The number of alkyl carbamates (subject to hydrolysis) is 1. The Morgan fingerprint density at radius 2 is 1.72 bits per heavy atom. The van der Waals surface area contributed by atoms with Gasteiger partial charge in [0.1, 0.15) is 17.4 Å². The topological polar surface area (TPSA) is 111 Å². The van der Waals surface area contributed by atoms with E-state index >= 15 is 0 Å². The summed E-state index contributed by atoms with van der Waals surface area (Å²) in [6, 6.07) is 5.73. The van der Waals surface area contributed by atoms with E-state index < -0.39 is 33.7 Å². The Morgan fingerprint density at radius 3 is 2.16 bits per heavy atom. The molecule has 0 aliphatic rings. The lowest BCUT2D eigenvalue weighted by atomic mass is 10.1. The van der Waals surface area contributed by atoms with Gasteiger partial charge in [0.25, 0.3) is 5.91 Å². The molecule has 0 aliphatic heterocycles. The summed E-state index contributed by atoms with van der Waals surface area (Å²) in [5, 5.41) is 2.40. The summed E-state index contributed by atoms with van der Waals surface area (Å²) in [5.41, 5.74) is -0.0345. The summed E-state index contributed by atoms with van der Waals surface area (Å²) >= 11 is 0. The molecule has 140 valence electrons. The molecule has 1 unspecified atom stereocenters. The number of nitrogens with one attached hydrogen (secondary N) is 2. The van der Waals surface area contributed by atoms with Crippen LogP contribution in [0.15, 0.2) is 24.3 Å². The largest absolute Gasteiger partial charge is 0.497 e. The highest BCUT2D eigenvalue weighted by Gasteiger charge is 2.26. The van der Waals surface area contributed by atoms with Crippen molar-refractivity contribution in [2.75, 3.05) is 13.4 Å². The molecule has 0 saturated heterocycles. The van der Waals surface area contributed by atoms with Crippen LogP contribution in [-0.2, 0) is 26.0 Å². The first kappa shape index (κ1) is 20.8. The molecule has 0 aromatic heterocycles. The SMILES string of the molecule is COc1ccc(CC(NC(=O)OC(C)(C)C)C(=O)NS(C)(=O)=O)cc1. The van der Waals surface area contributed by atoms with E-state index in [0.717, 1.165) is 6.26 Å². The van der Waals surface area contributed by atoms with E-state index in [1.807, 2.05) is 4.72 Å². The molecule has 0 fully saturated rings. The number of hydrogen-bond donors (Lipinski definition) is 2. The van der Waals surface area contributed by atoms with Gasteiger partial charge in [0.05, 0.1) is 13.4 Å². The molecule has 0 aliphatic carbocycles. The maximum absolute atomic E-state index is 12.2. The van der Waals surface area contributed by atoms with Gasteiger partial charge in [-0.2, -0.15) is 0 Å². The molecule has 1 atom stereocenters. The Balaban J connectivity index is 2.93. The fraction of sp³-hybridized carbons (Fsp3) is 0.500. The minimum atomic E-state index is -3.75. The van der Waals surface area contributed by atoms with E-state index in [2.05, 4.69) is 5.32 Å². The zero-order valence-electron chi connectivity index (χ0n) is 15.0. The van der Waals surface area contributed by atoms with E-state index in [1.165, 1.54) is 7.11 Å². The Morgan fingerprint density at radius 1 is 1.16 bits per heavy atom. The molecule has 8 nitrogen and oxygen atoms in total. The van der Waals surface area contributed by atoms with Crippen molar-refractivity contribution in [3.05, 3.63) is 29.8 Å². The van der Waals surface area contributed by atoms with Crippen LogP contribution < -0.4 is 14.8 Å². The average Bonchev–Trinajstić information content (AvgIpc) is 2.43. The molecule has 9 heteroatoms. The van der Waals surface area contributed by atoms with Crippen LogP contribution in [0.1, 0.15) is 26.3 Å². The lowest BCUT2D eigenvalue weighted by Crippen LogP contribution is -2.50. The third kappa shape index (κ3) is 8.39. The molecule has 25 heavy (non-hydrogen) atoms. The normalized spacial score (nSPS) is 12.8. The van der Waals surface area contributed by atoms with Crippen molar-refractivity contribution in [2.45, 2.75) is 38.8 Å². The first-order valence-corrected chi connectivity index (χ1v) is 9.43. The zero-order chi connectivity index (χ0) is 19.3. The summed E-state index contributed by atoms with van der Waals surface area (Å²) in [6.45, 7) is 5.05. The van der Waals surface area contributed by atoms with Crippen LogP contribution in [0.25, 0.3) is 0 Å². The molecule has 1 aromatic rings. The number of sulfonamides is 1. The number of benzene rings is 1. The van der Waals surface area contributed by atoms with Crippen LogP contribution in [0.2, 0.25) is 0 Å². The smallest absolute Gasteiger partial charge is 0.408 e. The monoisotopic (exact) mass is 372 g/mol. The van der Waals surface area contributed by atoms with Gasteiger partial charge in [-0.15, -0.1) is 0 Å². The predicted molar refractivity (Wildman–Crippen MR) is 92.8 cm³/mol. The first-order chi connectivity index (χ1) is 11.4. The third-order valence-corrected chi connectivity index (χ3v) is 3.46. The Bertz CT molecular complexity index is 707. The summed E-state index contributed by atoms with van der Waals surface area (Å²) < 4.78 is 34.7. The predicted octanol–water partition coefficient (Wildman–Crippen LogP) is 1.21. The summed E-state index contributed by atoms with van der Waals surface area (Å²) in [7, 11) is -2.22. The lowest BCUT2D eigenvalue weighted by Gasteiger charge is -2.23. The Hall–Kier alpha value is -2.29. The van der Waals surface area contributed by atoms with Crippen LogP contribution in [-0.4, -0.2) is 45.4 Å². The fourth-order valence-corrected chi connectivity index (χ4v) is 2.42. The van der Waals surface area contributed by atoms with Gasteiger partial charge in [-0.05, 0) is 38.5 Å². The van der Waals surface area contributed by atoms with Crippen LogP contribution >= 0.6 is 0 Å². The molecule has 2 amide bonds. The van der Waals surface area contributed by atoms with E-state index in [1.54, 1.807) is 45.0 Å². The average molecular weight is 372 g/mol. The number of amides is 2. The van der Waals surface area contributed by atoms with Gasteiger partial charge < -0.3 is 14.8 Å². The van der Waals surface area contributed by atoms with Gasteiger partial charge in [0.15, 0.2) is 0 Å². The van der Waals surface area contributed by atoms with Gasteiger partial charge in [-0.3, -0.25) is 9.52 Å². The molecule has 1 rings (SSSR count). The molecular formula is C16H24N2O6S. The van der Waals surface area contributed by atoms with Crippen molar-refractivity contribution in [3.8, 4) is 5.75 Å².